The van der Waals surface area contributed by atoms with Crippen molar-refractivity contribution in [1.29, 1.82) is 0 Å². The fourth-order valence-electron chi connectivity index (χ4n) is 4.04. The van der Waals surface area contributed by atoms with Gasteiger partial charge >= 0.3 is 12.4 Å². The number of hydrogen-bond acceptors (Lipinski definition) is 3. The Kier molecular flexibility index (Phi) is 7.95. The van der Waals surface area contributed by atoms with Gasteiger partial charge in [-0.05, 0) is 55.3 Å². The Labute approximate surface area is 188 Å². The van der Waals surface area contributed by atoms with Crippen LogP contribution in [0.2, 0.25) is 0 Å². The van der Waals surface area contributed by atoms with E-state index in [0.29, 0.717) is 38.1 Å². The van der Waals surface area contributed by atoms with Crippen molar-refractivity contribution in [2.24, 2.45) is 0 Å². The number of sulfone groups is 1. The highest BCUT2D eigenvalue weighted by Crippen LogP contribution is 2.38. The molecule has 2 aromatic rings. The molecule has 3 rings (SSSR count). The Morgan fingerprint density at radius 1 is 0.844 bits per heavy atom. The van der Waals surface area contributed by atoms with Crippen LogP contribution in [0, 0.1) is 0 Å². The molecule has 0 bridgehead atoms. The molecule has 1 aliphatic rings. The first-order valence-corrected chi connectivity index (χ1v) is 11.4. The molecule has 1 saturated heterocycles. The lowest BCUT2D eigenvalue weighted by Gasteiger charge is -2.38. The maximum absolute atomic E-state index is 13.1. The second-order valence-electron chi connectivity index (χ2n) is 7.84. The predicted octanol–water partition coefficient (Wildman–Crippen LogP) is 5.38. The molecule has 3 nitrogen and oxygen atoms in total. The van der Waals surface area contributed by atoms with Crippen molar-refractivity contribution in [3.8, 4) is 0 Å². The SMILES string of the molecule is Cl.O=S(=O)(Cc1cc(C(F)(F)F)cc(C(F)(F)F)c1)CC1(c2ccccc2)CCNCC1. The van der Waals surface area contributed by atoms with Gasteiger partial charge in [0.25, 0.3) is 0 Å². The highest BCUT2D eigenvalue weighted by molar-refractivity contribution is 7.90. The van der Waals surface area contributed by atoms with Crippen LogP contribution in [0.3, 0.4) is 0 Å². The van der Waals surface area contributed by atoms with Gasteiger partial charge in [0.05, 0.1) is 22.6 Å². The molecular formula is C21H22ClF6NO2S. The molecule has 1 heterocycles. The molecule has 32 heavy (non-hydrogen) atoms. The fourth-order valence-corrected chi connectivity index (χ4v) is 6.12. The number of hydrogen-bond donors (Lipinski definition) is 1. The molecule has 0 unspecified atom stereocenters. The Hall–Kier alpha value is -1.78. The third-order valence-electron chi connectivity index (χ3n) is 5.48. The zero-order valence-electron chi connectivity index (χ0n) is 16.8. The number of rotatable bonds is 5. The average molecular weight is 502 g/mol. The molecule has 178 valence electrons. The maximum atomic E-state index is 13.1. The molecule has 0 radical (unpaired) electrons. The van der Waals surface area contributed by atoms with Crippen LogP contribution in [-0.4, -0.2) is 27.3 Å². The smallest absolute Gasteiger partial charge is 0.317 e. The zero-order chi connectivity index (χ0) is 22.9. The molecule has 0 amide bonds. The average Bonchev–Trinajstić information content (AvgIpc) is 2.67. The first-order valence-electron chi connectivity index (χ1n) is 9.56. The summed E-state index contributed by atoms with van der Waals surface area (Å²) < 4.78 is 105. The van der Waals surface area contributed by atoms with Gasteiger partial charge in [0, 0.05) is 5.41 Å². The Balaban J connectivity index is 0.00000363. The van der Waals surface area contributed by atoms with E-state index in [2.05, 4.69) is 5.32 Å². The molecule has 1 aliphatic heterocycles. The van der Waals surface area contributed by atoms with Crippen LogP contribution in [0.4, 0.5) is 26.3 Å². The van der Waals surface area contributed by atoms with Crippen molar-refractivity contribution in [2.45, 2.75) is 36.4 Å². The van der Waals surface area contributed by atoms with Crippen molar-refractivity contribution in [1.82, 2.24) is 5.32 Å². The van der Waals surface area contributed by atoms with Crippen LogP contribution in [0.5, 0.6) is 0 Å². The third-order valence-corrected chi connectivity index (χ3v) is 7.24. The van der Waals surface area contributed by atoms with Crippen molar-refractivity contribution in [2.75, 3.05) is 18.8 Å². The van der Waals surface area contributed by atoms with Crippen LogP contribution in [0.15, 0.2) is 48.5 Å². The van der Waals surface area contributed by atoms with Gasteiger partial charge in [-0.15, -0.1) is 12.4 Å². The van der Waals surface area contributed by atoms with Gasteiger partial charge in [0.1, 0.15) is 0 Å². The van der Waals surface area contributed by atoms with E-state index in [-0.39, 0.29) is 24.2 Å². The number of piperidine rings is 1. The molecule has 0 saturated carbocycles. The van der Waals surface area contributed by atoms with E-state index in [1.54, 1.807) is 30.3 Å². The van der Waals surface area contributed by atoms with Crippen LogP contribution in [0.25, 0.3) is 0 Å². The quantitative estimate of drug-likeness (QED) is 0.559. The summed E-state index contributed by atoms with van der Waals surface area (Å²) >= 11 is 0. The van der Waals surface area contributed by atoms with E-state index in [9.17, 15) is 34.8 Å². The van der Waals surface area contributed by atoms with Crippen molar-refractivity contribution < 1.29 is 34.8 Å². The van der Waals surface area contributed by atoms with Gasteiger partial charge < -0.3 is 5.32 Å². The predicted molar refractivity (Wildman–Crippen MR) is 111 cm³/mol. The first kappa shape index (κ1) is 26.5. The minimum absolute atomic E-state index is 0. The van der Waals surface area contributed by atoms with Gasteiger partial charge in [0.15, 0.2) is 9.84 Å². The van der Waals surface area contributed by atoms with Gasteiger partial charge in [-0.1, -0.05) is 30.3 Å². The first-order chi connectivity index (χ1) is 14.3. The molecule has 0 aromatic heterocycles. The van der Waals surface area contributed by atoms with E-state index in [1.807, 2.05) is 0 Å². The Morgan fingerprint density at radius 2 is 1.34 bits per heavy atom. The topological polar surface area (TPSA) is 46.2 Å². The zero-order valence-corrected chi connectivity index (χ0v) is 18.4. The highest BCUT2D eigenvalue weighted by atomic mass is 35.5. The van der Waals surface area contributed by atoms with E-state index in [0.717, 1.165) is 5.56 Å². The molecule has 1 fully saturated rings. The van der Waals surface area contributed by atoms with E-state index < -0.39 is 50.0 Å². The summed E-state index contributed by atoms with van der Waals surface area (Å²) in [4.78, 5) is 0. The van der Waals surface area contributed by atoms with Crippen LogP contribution >= 0.6 is 12.4 Å². The van der Waals surface area contributed by atoms with Crippen molar-refractivity contribution >= 4 is 22.2 Å². The summed E-state index contributed by atoms with van der Waals surface area (Å²) in [6, 6.07) is 9.87. The minimum Gasteiger partial charge on any atom is -0.317 e. The summed E-state index contributed by atoms with van der Waals surface area (Å²) in [5, 5.41) is 3.15. The van der Waals surface area contributed by atoms with Crippen molar-refractivity contribution in [3.05, 3.63) is 70.8 Å². The second kappa shape index (κ2) is 9.61. The van der Waals surface area contributed by atoms with Gasteiger partial charge in [0.2, 0.25) is 0 Å². The van der Waals surface area contributed by atoms with Gasteiger partial charge in [-0.2, -0.15) is 26.3 Å². The minimum atomic E-state index is -5.03. The summed E-state index contributed by atoms with van der Waals surface area (Å²) in [6.45, 7) is 1.12. The van der Waals surface area contributed by atoms with Crippen LogP contribution in [0.1, 0.15) is 35.1 Å². The molecule has 11 heteroatoms. The molecular weight excluding hydrogens is 480 g/mol. The number of halogens is 7. The number of nitrogens with one attached hydrogen (secondary N) is 1. The third kappa shape index (κ3) is 6.39. The van der Waals surface area contributed by atoms with Gasteiger partial charge in [-0.25, -0.2) is 8.42 Å². The molecule has 0 atom stereocenters. The largest absolute Gasteiger partial charge is 0.416 e. The number of benzene rings is 2. The highest BCUT2D eigenvalue weighted by Gasteiger charge is 2.40. The molecule has 0 spiro atoms. The Bertz CT molecular complexity index is 985. The maximum Gasteiger partial charge on any atom is 0.416 e. The van der Waals surface area contributed by atoms with Gasteiger partial charge in [-0.3, -0.25) is 0 Å². The van der Waals surface area contributed by atoms with Crippen LogP contribution in [-0.2, 0) is 33.4 Å². The molecule has 0 aliphatic carbocycles. The lowest BCUT2D eigenvalue weighted by atomic mass is 9.75. The monoisotopic (exact) mass is 501 g/mol. The lowest BCUT2D eigenvalue weighted by molar-refractivity contribution is -0.143. The van der Waals surface area contributed by atoms with Crippen molar-refractivity contribution in [3.63, 3.8) is 0 Å². The molecule has 2 aromatic carbocycles. The normalized spacial score (nSPS) is 16.9. The molecule has 1 N–H and O–H groups in total. The number of alkyl halides is 6. The Morgan fingerprint density at radius 3 is 1.81 bits per heavy atom. The lowest BCUT2D eigenvalue weighted by Crippen LogP contribution is -2.44. The fraction of sp³-hybridized carbons (Fsp3) is 0.429. The summed E-state index contributed by atoms with van der Waals surface area (Å²) in [5.41, 5.74) is -3.53. The summed E-state index contributed by atoms with van der Waals surface area (Å²) in [5.74, 6) is -1.26. The standard InChI is InChI=1S/C21H21F6NO2S.ClH/c22-20(23,24)17-10-15(11-18(12-17)21(25,26)27)13-31(29,30)14-19(6-8-28-9-7-19)16-4-2-1-3-5-16;/h1-5,10-12,28H,6-9,13-14H2;1H. The summed E-state index contributed by atoms with van der Waals surface area (Å²) in [7, 11) is -4.03. The van der Waals surface area contributed by atoms with E-state index in [4.69, 9.17) is 0 Å². The second-order valence-corrected chi connectivity index (χ2v) is 9.91. The van der Waals surface area contributed by atoms with E-state index in [1.165, 1.54) is 0 Å². The van der Waals surface area contributed by atoms with Crippen LogP contribution < -0.4 is 5.32 Å². The summed E-state index contributed by atoms with van der Waals surface area (Å²) in [6.07, 6.45) is -9.07. The van der Waals surface area contributed by atoms with E-state index >= 15 is 0 Å².